The van der Waals surface area contributed by atoms with Crippen molar-refractivity contribution in [1.29, 1.82) is 0 Å². The van der Waals surface area contributed by atoms with Crippen LogP contribution in [0.2, 0.25) is 0 Å². The summed E-state index contributed by atoms with van der Waals surface area (Å²) in [6, 6.07) is 79.7. The molecule has 1 heterocycles. The molecule has 268 valence electrons. The van der Waals surface area contributed by atoms with E-state index in [0.29, 0.717) is 0 Å². The molecule has 2 nitrogen and oxygen atoms in total. The molecule has 2 heteroatoms. The number of hydrogen-bond donors (Lipinski definition) is 0. The summed E-state index contributed by atoms with van der Waals surface area (Å²) >= 11 is 0. The summed E-state index contributed by atoms with van der Waals surface area (Å²) in [7, 11) is 0. The van der Waals surface area contributed by atoms with E-state index in [1.165, 1.54) is 60.8 Å². The van der Waals surface area contributed by atoms with Crippen LogP contribution in [0.15, 0.2) is 218 Å². The van der Waals surface area contributed by atoms with Crippen LogP contribution in [0.3, 0.4) is 0 Å². The van der Waals surface area contributed by atoms with Gasteiger partial charge in [0.05, 0.1) is 22.4 Å². The lowest BCUT2D eigenvalue weighted by molar-refractivity contribution is 1.18. The molecule has 0 fully saturated rings. The van der Waals surface area contributed by atoms with Gasteiger partial charge < -0.3 is 9.47 Å². The topological polar surface area (TPSA) is 8.17 Å². The molecule has 0 aliphatic heterocycles. The summed E-state index contributed by atoms with van der Waals surface area (Å²) < 4.78 is 2.43. The predicted molar refractivity (Wildman–Crippen MR) is 240 cm³/mol. The molecule has 10 aromatic rings. The molecule has 1 aromatic heterocycles. The van der Waals surface area contributed by atoms with Gasteiger partial charge in [-0.1, -0.05) is 164 Å². The number of para-hydroxylation sites is 4. The molecular weight excluding hydrogens is 689 g/mol. The number of benzene rings is 9. The molecule has 0 saturated carbocycles. The van der Waals surface area contributed by atoms with Gasteiger partial charge in [-0.3, -0.25) is 0 Å². The fourth-order valence-electron chi connectivity index (χ4n) is 8.97. The zero-order valence-electron chi connectivity index (χ0n) is 31.4. The van der Waals surface area contributed by atoms with Crippen molar-refractivity contribution in [3.8, 4) is 50.2 Å². The Bertz CT molecular complexity index is 3030. The minimum atomic E-state index is 0.939. The van der Waals surface area contributed by atoms with E-state index in [1.54, 1.807) is 0 Å². The second-order valence-electron chi connectivity index (χ2n) is 14.9. The highest BCUT2D eigenvalue weighted by molar-refractivity contribution is 6.10. The van der Waals surface area contributed by atoms with E-state index in [0.717, 1.165) is 45.9 Å². The van der Waals surface area contributed by atoms with Gasteiger partial charge in [-0.05, 0) is 106 Å². The van der Waals surface area contributed by atoms with Crippen LogP contribution in [0.5, 0.6) is 0 Å². The SMILES string of the molecule is c1ccc(-c2ccc(-c3cc(-c4ccccc4-n4c5ccccc5c5ccccc54)ccc3N(c3ccccc3)c3ccc4c(c3)Cc3ccccc3-4)cc2)cc1. The van der Waals surface area contributed by atoms with Gasteiger partial charge in [0.1, 0.15) is 0 Å². The maximum atomic E-state index is 2.44. The number of anilines is 3. The van der Waals surface area contributed by atoms with Gasteiger partial charge in [0.15, 0.2) is 0 Å². The van der Waals surface area contributed by atoms with Crippen molar-refractivity contribution in [2.24, 2.45) is 0 Å². The van der Waals surface area contributed by atoms with Crippen LogP contribution < -0.4 is 4.90 Å². The summed E-state index contributed by atoms with van der Waals surface area (Å²) in [4.78, 5) is 2.44. The van der Waals surface area contributed by atoms with Gasteiger partial charge in [-0.25, -0.2) is 0 Å². The van der Waals surface area contributed by atoms with Crippen molar-refractivity contribution < 1.29 is 0 Å². The molecule has 1 aliphatic rings. The van der Waals surface area contributed by atoms with Gasteiger partial charge in [0.25, 0.3) is 0 Å². The highest BCUT2D eigenvalue weighted by Gasteiger charge is 2.23. The predicted octanol–water partition coefficient (Wildman–Crippen LogP) is 14.8. The van der Waals surface area contributed by atoms with Gasteiger partial charge in [0, 0.05) is 33.3 Å². The first-order chi connectivity index (χ1) is 28.3. The van der Waals surface area contributed by atoms with Gasteiger partial charge in [-0.2, -0.15) is 0 Å². The Morgan fingerprint density at radius 1 is 0.333 bits per heavy atom. The third kappa shape index (κ3) is 5.65. The Morgan fingerprint density at radius 3 is 1.65 bits per heavy atom. The normalized spacial score (nSPS) is 11.8. The molecule has 1 aliphatic carbocycles. The molecule has 0 saturated heterocycles. The molecule has 0 N–H and O–H groups in total. The largest absolute Gasteiger partial charge is 0.310 e. The molecule has 0 unspecified atom stereocenters. The van der Waals surface area contributed by atoms with Crippen LogP contribution in [-0.2, 0) is 6.42 Å². The first-order valence-electron chi connectivity index (χ1n) is 19.7. The molecule has 57 heavy (non-hydrogen) atoms. The Morgan fingerprint density at radius 2 is 0.895 bits per heavy atom. The van der Waals surface area contributed by atoms with Crippen molar-refractivity contribution >= 4 is 38.9 Å². The standard InChI is InChI=1S/C55H38N2/c1-3-15-38(16-4-1)39-27-29-40(30-28-39)51-37-42(48-21-9-12-24-52(48)57-53-25-13-10-22-49(53)50-23-11-14-26-54(50)57)31-34-55(51)56(44-18-5-2-6-19-44)45-32-33-47-43(36-45)35-41-17-7-8-20-46(41)47/h1-34,36-37H,35H2. The minimum absolute atomic E-state index is 0.939. The quantitative estimate of drug-likeness (QED) is 0.159. The summed E-state index contributed by atoms with van der Waals surface area (Å²) in [5.74, 6) is 0. The van der Waals surface area contributed by atoms with E-state index < -0.39 is 0 Å². The fraction of sp³-hybridized carbons (Fsp3) is 0.0182. The highest BCUT2D eigenvalue weighted by Crippen LogP contribution is 2.46. The maximum Gasteiger partial charge on any atom is 0.0541 e. The lowest BCUT2D eigenvalue weighted by Crippen LogP contribution is -2.11. The second-order valence-corrected chi connectivity index (χ2v) is 14.9. The zero-order valence-corrected chi connectivity index (χ0v) is 31.4. The Balaban J connectivity index is 1.12. The van der Waals surface area contributed by atoms with Gasteiger partial charge in [0.2, 0.25) is 0 Å². The van der Waals surface area contributed by atoms with Crippen molar-refractivity contribution in [1.82, 2.24) is 4.57 Å². The minimum Gasteiger partial charge on any atom is -0.310 e. The van der Waals surface area contributed by atoms with E-state index in [4.69, 9.17) is 0 Å². The smallest absolute Gasteiger partial charge is 0.0541 e. The summed E-state index contributed by atoms with van der Waals surface area (Å²) in [6.07, 6.45) is 0.939. The van der Waals surface area contributed by atoms with Crippen LogP contribution in [0.1, 0.15) is 11.1 Å². The van der Waals surface area contributed by atoms with Crippen LogP contribution in [0.4, 0.5) is 17.1 Å². The number of nitrogens with zero attached hydrogens (tertiary/aromatic N) is 2. The average Bonchev–Trinajstić information content (AvgIpc) is 3.83. The summed E-state index contributed by atoms with van der Waals surface area (Å²) in [5, 5.41) is 2.52. The van der Waals surface area contributed by atoms with E-state index in [2.05, 4.69) is 228 Å². The van der Waals surface area contributed by atoms with Crippen molar-refractivity contribution in [3.63, 3.8) is 0 Å². The summed E-state index contributed by atoms with van der Waals surface area (Å²) in [6.45, 7) is 0. The van der Waals surface area contributed by atoms with E-state index >= 15 is 0 Å². The molecular formula is C55H38N2. The molecule has 0 atom stereocenters. The molecule has 0 radical (unpaired) electrons. The second kappa shape index (κ2) is 13.7. The molecule has 0 bridgehead atoms. The van der Waals surface area contributed by atoms with Crippen LogP contribution in [0.25, 0.3) is 72.0 Å². The molecule has 9 aromatic carbocycles. The number of hydrogen-bond acceptors (Lipinski definition) is 1. The first kappa shape index (κ1) is 33.0. The number of aromatic nitrogens is 1. The van der Waals surface area contributed by atoms with Crippen LogP contribution in [0, 0.1) is 0 Å². The summed E-state index contributed by atoms with van der Waals surface area (Å²) in [5.41, 5.74) is 19.5. The third-order valence-electron chi connectivity index (χ3n) is 11.6. The van der Waals surface area contributed by atoms with Crippen LogP contribution >= 0.6 is 0 Å². The van der Waals surface area contributed by atoms with Crippen molar-refractivity contribution in [3.05, 3.63) is 230 Å². The Labute approximate surface area is 333 Å². The number of rotatable bonds is 7. The lowest BCUT2D eigenvalue weighted by atomic mass is 9.94. The van der Waals surface area contributed by atoms with Crippen molar-refractivity contribution in [2.45, 2.75) is 6.42 Å². The Kier molecular flexibility index (Phi) is 7.93. The van der Waals surface area contributed by atoms with Crippen LogP contribution in [-0.4, -0.2) is 4.57 Å². The monoisotopic (exact) mass is 726 g/mol. The zero-order chi connectivity index (χ0) is 37.7. The van der Waals surface area contributed by atoms with Gasteiger partial charge >= 0.3 is 0 Å². The number of fused-ring (bicyclic) bond motifs is 6. The molecule has 0 amide bonds. The molecule has 0 spiro atoms. The maximum absolute atomic E-state index is 2.44. The van der Waals surface area contributed by atoms with E-state index in [9.17, 15) is 0 Å². The fourth-order valence-corrected chi connectivity index (χ4v) is 8.97. The van der Waals surface area contributed by atoms with Crippen molar-refractivity contribution in [2.75, 3.05) is 4.90 Å². The average molecular weight is 727 g/mol. The first-order valence-corrected chi connectivity index (χ1v) is 19.7. The van der Waals surface area contributed by atoms with Gasteiger partial charge in [-0.15, -0.1) is 0 Å². The third-order valence-corrected chi connectivity index (χ3v) is 11.6. The highest BCUT2D eigenvalue weighted by atomic mass is 15.1. The molecule has 11 rings (SSSR count). The van der Waals surface area contributed by atoms with E-state index in [1.807, 2.05) is 0 Å². The Hall–Kier alpha value is -7.42. The lowest BCUT2D eigenvalue weighted by Gasteiger charge is -2.29. The van der Waals surface area contributed by atoms with E-state index in [-0.39, 0.29) is 0 Å².